The lowest BCUT2D eigenvalue weighted by atomic mass is 9.71. The second kappa shape index (κ2) is 4.53. The molecule has 1 spiro atoms. The van der Waals surface area contributed by atoms with Crippen LogP contribution in [0.25, 0.3) is 0 Å². The van der Waals surface area contributed by atoms with E-state index in [0.717, 1.165) is 38.8 Å². The average Bonchev–Trinajstić information content (AvgIpc) is 2.22. The van der Waals surface area contributed by atoms with Gasteiger partial charge in [0.1, 0.15) is 0 Å². The highest BCUT2D eigenvalue weighted by atomic mass is 19.4. The van der Waals surface area contributed by atoms with Crippen LogP contribution in [0.5, 0.6) is 0 Å². The maximum Gasteiger partial charge on any atom is 0.401 e. The average molecular weight is 236 g/mol. The molecule has 0 aromatic heterocycles. The molecule has 0 radical (unpaired) electrons. The first-order valence-electron chi connectivity index (χ1n) is 5.99. The van der Waals surface area contributed by atoms with Crippen molar-refractivity contribution < 1.29 is 13.2 Å². The molecule has 0 amide bonds. The highest BCUT2D eigenvalue weighted by molar-refractivity contribution is 4.89. The summed E-state index contributed by atoms with van der Waals surface area (Å²) < 4.78 is 36.7. The Hall–Kier alpha value is -0.290. The zero-order valence-corrected chi connectivity index (χ0v) is 9.45. The van der Waals surface area contributed by atoms with Gasteiger partial charge in [-0.3, -0.25) is 4.90 Å². The molecular weight excluding hydrogens is 217 g/mol. The Morgan fingerprint density at radius 1 is 1.00 bits per heavy atom. The molecule has 2 rings (SSSR count). The first-order chi connectivity index (χ1) is 7.49. The van der Waals surface area contributed by atoms with E-state index in [0.29, 0.717) is 18.5 Å². The summed E-state index contributed by atoms with van der Waals surface area (Å²) in [6.45, 7) is 2.54. The van der Waals surface area contributed by atoms with Gasteiger partial charge in [-0.25, -0.2) is 0 Å². The first kappa shape index (κ1) is 12.2. The number of piperidine rings is 2. The van der Waals surface area contributed by atoms with Gasteiger partial charge in [0.05, 0.1) is 6.54 Å². The van der Waals surface area contributed by atoms with E-state index in [9.17, 15) is 13.2 Å². The van der Waals surface area contributed by atoms with Crippen LogP contribution in [0.15, 0.2) is 0 Å². The molecule has 0 saturated carbocycles. The van der Waals surface area contributed by atoms with Crippen molar-refractivity contribution in [3.63, 3.8) is 0 Å². The summed E-state index contributed by atoms with van der Waals surface area (Å²) in [4.78, 5) is 1.55. The minimum atomic E-state index is -4.04. The molecule has 2 aliphatic rings. The van der Waals surface area contributed by atoms with Crippen molar-refractivity contribution in [2.75, 3.05) is 32.7 Å². The van der Waals surface area contributed by atoms with Crippen molar-refractivity contribution in [1.29, 1.82) is 0 Å². The van der Waals surface area contributed by atoms with Crippen LogP contribution >= 0.6 is 0 Å². The van der Waals surface area contributed by atoms with Gasteiger partial charge in [0.2, 0.25) is 0 Å². The fourth-order valence-corrected chi connectivity index (χ4v) is 2.90. The minimum Gasteiger partial charge on any atom is -0.317 e. The third-order valence-electron chi connectivity index (χ3n) is 3.98. The van der Waals surface area contributed by atoms with Gasteiger partial charge in [-0.05, 0) is 57.3 Å². The summed E-state index contributed by atoms with van der Waals surface area (Å²) in [6.07, 6.45) is 0.0911. The van der Waals surface area contributed by atoms with Crippen LogP contribution in [0, 0.1) is 5.41 Å². The molecule has 2 fully saturated rings. The Kier molecular flexibility index (Phi) is 3.45. The number of alkyl halides is 3. The Bertz CT molecular complexity index is 224. The van der Waals surface area contributed by atoms with Crippen molar-refractivity contribution in [3.8, 4) is 0 Å². The van der Waals surface area contributed by atoms with Crippen LogP contribution in [0.3, 0.4) is 0 Å². The van der Waals surface area contributed by atoms with E-state index >= 15 is 0 Å². The van der Waals surface area contributed by atoms with Crippen molar-refractivity contribution in [3.05, 3.63) is 0 Å². The molecule has 1 N–H and O–H groups in total. The molecule has 0 unspecified atom stereocenters. The van der Waals surface area contributed by atoms with Gasteiger partial charge in [-0.1, -0.05) is 0 Å². The molecule has 2 aliphatic heterocycles. The molecule has 0 bridgehead atoms. The molecular formula is C11H19F3N2. The fourth-order valence-electron chi connectivity index (χ4n) is 2.90. The predicted octanol–water partition coefficient (Wildman–Crippen LogP) is 2.01. The van der Waals surface area contributed by atoms with E-state index in [1.54, 1.807) is 4.90 Å². The molecule has 2 heterocycles. The Morgan fingerprint density at radius 2 is 1.56 bits per heavy atom. The maximum absolute atomic E-state index is 12.2. The fraction of sp³-hybridized carbons (Fsp3) is 1.00. The van der Waals surface area contributed by atoms with Gasteiger partial charge < -0.3 is 5.32 Å². The molecule has 5 heteroatoms. The topological polar surface area (TPSA) is 15.3 Å². The van der Waals surface area contributed by atoms with Crippen LogP contribution in [0.1, 0.15) is 25.7 Å². The summed E-state index contributed by atoms with van der Waals surface area (Å²) in [7, 11) is 0. The normalized spacial score (nSPS) is 27.2. The molecule has 2 nitrogen and oxygen atoms in total. The highest BCUT2D eigenvalue weighted by Crippen LogP contribution is 2.39. The number of nitrogens with zero attached hydrogens (tertiary/aromatic N) is 1. The van der Waals surface area contributed by atoms with Gasteiger partial charge in [0, 0.05) is 0 Å². The Morgan fingerprint density at radius 3 is 2.06 bits per heavy atom. The third-order valence-corrected chi connectivity index (χ3v) is 3.98. The lowest BCUT2D eigenvalue weighted by Crippen LogP contribution is -2.47. The Labute approximate surface area is 94.2 Å². The molecule has 16 heavy (non-hydrogen) atoms. The monoisotopic (exact) mass is 236 g/mol. The number of nitrogens with one attached hydrogen (secondary N) is 1. The first-order valence-corrected chi connectivity index (χ1v) is 5.99. The summed E-state index contributed by atoms with van der Waals surface area (Å²) >= 11 is 0. The SMILES string of the molecule is FC(F)(F)CN1CCC2(CCNCC2)CC1. The molecule has 0 aliphatic carbocycles. The van der Waals surface area contributed by atoms with Crippen molar-refractivity contribution >= 4 is 0 Å². The van der Waals surface area contributed by atoms with E-state index in [1.807, 2.05) is 0 Å². The zero-order chi connectivity index (χ0) is 11.6. The zero-order valence-electron chi connectivity index (χ0n) is 9.45. The summed E-state index contributed by atoms with van der Waals surface area (Å²) in [5.74, 6) is 0. The van der Waals surface area contributed by atoms with Crippen molar-refractivity contribution in [2.24, 2.45) is 5.41 Å². The number of halogens is 3. The molecule has 94 valence electrons. The lowest BCUT2D eigenvalue weighted by molar-refractivity contribution is -0.151. The molecule has 2 saturated heterocycles. The van der Waals surface area contributed by atoms with Gasteiger partial charge in [0.15, 0.2) is 0 Å². The van der Waals surface area contributed by atoms with Crippen LogP contribution < -0.4 is 5.32 Å². The van der Waals surface area contributed by atoms with Crippen LogP contribution in [0.2, 0.25) is 0 Å². The summed E-state index contributed by atoms with van der Waals surface area (Å²) in [5, 5.41) is 3.31. The van der Waals surface area contributed by atoms with Crippen molar-refractivity contribution in [1.82, 2.24) is 10.2 Å². The van der Waals surface area contributed by atoms with Gasteiger partial charge in [-0.2, -0.15) is 13.2 Å². The largest absolute Gasteiger partial charge is 0.401 e. The smallest absolute Gasteiger partial charge is 0.317 e. The summed E-state index contributed by atoms with van der Waals surface area (Å²) in [5.41, 5.74) is 0.341. The second-order valence-corrected chi connectivity index (χ2v) is 5.14. The predicted molar refractivity (Wildman–Crippen MR) is 56.3 cm³/mol. The molecule has 0 aromatic carbocycles. The summed E-state index contributed by atoms with van der Waals surface area (Å²) in [6, 6.07) is 0. The van der Waals surface area contributed by atoms with E-state index in [2.05, 4.69) is 5.32 Å². The quantitative estimate of drug-likeness (QED) is 0.749. The number of hydrogen-bond acceptors (Lipinski definition) is 2. The second-order valence-electron chi connectivity index (χ2n) is 5.14. The highest BCUT2D eigenvalue weighted by Gasteiger charge is 2.38. The number of likely N-dealkylation sites (tertiary alicyclic amines) is 1. The van der Waals surface area contributed by atoms with E-state index in [-0.39, 0.29) is 0 Å². The molecule has 0 atom stereocenters. The van der Waals surface area contributed by atoms with Crippen molar-refractivity contribution in [2.45, 2.75) is 31.9 Å². The standard InChI is InChI=1S/C11H19F3N2/c12-11(13,14)9-16-7-3-10(4-8-16)1-5-15-6-2-10/h15H,1-9H2. The van der Waals surface area contributed by atoms with E-state index in [4.69, 9.17) is 0 Å². The lowest BCUT2D eigenvalue weighted by Gasteiger charge is -2.44. The third kappa shape index (κ3) is 3.10. The van der Waals surface area contributed by atoms with Gasteiger partial charge in [-0.15, -0.1) is 0 Å². The minimum absolute atomic E-state index is 0.341. The number of rotatable bonds is 1. The van der Waals surface area contributed by atoms with Crippen LogP contribution in [-0.4, -0.2) is 43.8 Å². The molecule has 0 aromatic rings. The van der Waals surface area contributed by atoms with Crippen LogP contribution in [-0.2, 0) is 0 Å². The van der Waals surface area contributed by atoms with E-state index < -0.39 is 12.7 Å². The van der Waals surface area contributed by atoms with Gasteiger partial charge >= 0.3 is 6.18 Å². The van der Waals surface area contributed by atoms with E-state index in [1.165, 1.54) is 0 Å². The van der Waals surface area contributed by atoms with Crippen LogP contribution in [0.4, 0.5) is 13.2 Å². The maximum atomic E-state index is 12.2. The number of hydrogen-bond donors (Lipinski definition) is 1. The van der Waals surface area contributed by atoms with Gasteiger partial charge in [0.25, 0.3) is 0 Å². The Balaban J connectivity index is 1.82.